The highest BCUT2D eigenvalue weighted by Crippen LogP contribution is 2.25. The second-order valence-corrected chi connectivity index (χ2v) is 6.96. The number of fused-ring (bicyclic) bond motifs is 1. The summed E-state index contributed by atoms with van der Waals surface area (Å²) in [7, 11) is 0. The van der Waals surface area contributed by atoms with Crippen molar-refractivity contribution < 1.29 is 4.79 Å². The van der Waals surface area contributed by atoms with Gasteiger partial charge in [-0.25, -0.2) is 4.98 Å². The van der Waals surface area contributed by atoms with E-state index in [2.05, 4.69) is 24.1 Å². The monoisotopic (exact) mass is 347 g/mol. The van der Waals surface area contributed by atoms with Crippen LogP contribution in [0.25, 0.3) is 16.3 Å². The van der Waals surface area contributed by atoms with E-state index in [1.165, 1.54) is 16.9 Å². The van der Waals surface area contributed by atoms with E-state index in [1.54, 1.807) is 6.08 Å². The molecule has 0 unspecified atom stereocenters. The zero-order valence-corrected chi connectivity index (χ0v) is 14.8. The predicted molar refractivity (Wildman–Crippen MR) is 102 cm³/mol. The zero-order valence-electron chi connectivity index (χ0n) is 14.0. The number of nitrogens with zero attached hydrogens (tertiary/aromatic N) is 2. The molecule has 1 aromatic heterocycles. The number of carbonyl (C=O) groups is 1. The molecule has 25 heavy (non-hydrogen) atoms. The van der Waals surface area contributed by atoms with Gasteiger partial charge in [-0.3, -0.25) is 10.1 Å². The Morgan fingerprint density at radius 1 is 1.20 bits per heavy atom. The Bertz CT molecular complexity index is 945. The second kappa shape index (κ2) is 7.29. The summed E-state index contributed by atoms with van der Waals surface area (Å²) < 4.78 is 0.990. The minimum Gasteiger partial charge on any atom is -0.297 e. The van der Waals surface area contributed by atoms with Crippen molar-refractivity contribution in [1.29, 1.82) is 5.26 Å². The summed E-state index contributed by atoms with van der Waals surface area (Å²) in [6, 6.07) is 17.5. The van der Waals surface area contributed by atoms with Crippen LogP contribution in [0.1, 0.15) is 30.9 Å². The lowest BCUT2D eigenvalue weighted by Crippen LogP contribution is -2.13. The maximum Gasteiger partial charge on any atom is 0.268 e. The number of anilines is 1. The third-order valence-corrected chi connectivity index (χ3v) is 4.75. The van der Waals surface area contributed by atoms with Crippen molar-refractivity contribution in [3.63, 3.8) is 0 Å². The third-order valence-electron chi connectivity index (χ3n) is 3.79. The van der Waals surface area contributed by atoms with Crippen LogP contribution in [-0.4, -0.2) is 10.9 Å². The van der Waals surface area contributed by atoms with Crippen LogP contribution in [0, 0.1) is 11.3 Å². The number of nitrogens with one attached hydrogen (secondary N) is 1. The van der Waals surface area contributed by atoms with Crippen LogP contribution < -0.4 is 5.32 Å². The van der Waals surface area contributed by atoms with E-state index in [9.17, 15) is 10.1 Å². The lowest BCUT2D eigenvalue weighted by molar-refractivity contribution is -0.112. The smallest absolute Gasteiger partial charge is 0.268 e. The summed E-state index contributed by atoms with van der Waals surface area (Å²) in [4.78, 5) is 16.7. The third kappa shape index (κ3) is 3.93. The van der Waals surface area contributed by atoms with Crippen LogP contribution >= 0.6 is 11.3 Å². The molecule has 0 spiro atoms. The molecule has 0 saturated carbocycles. The Hall–Kier alpha value is -2.97. The fourth-order valence-corrected chi connectivity index (χ4v) is 3.24. The van der Waals surface area contributed by atoms with E-state index in [-0.39, 0.29) is 5.57 Å². The lowest BCUT2D eigenvalue weighted by Gasteiger charge is -2.05. The number of aromatic nitrogens is 1. The van der Waals surface area contributed by atoms with E-state index < -0.39 is 5.91 Å². The molecule has 3 aromatic rings. The van der Waals surface area contributed by atoms with Crippen LogP contribution in [0.15, 0.2) is 54.1 Å². The van der Waals surface area contributed by atoms with Gasteiger partial charge in [0.25, 0.3) is 5.91 Å². The van der Waals surface area contributed by atoms with Gasteiger partial charge in [0.1, 0.15) is 11.6 Å². The van der Waals surface area contributed by atoms with Crippen LogP contribution in [0.3, 0.4) is 0 Å². The average Bonchev–Trinajstić information content (AvgIpc) is 3.02. The first-order chi connectivity index (χ1) is 12.1. The Morgan fingerprint density at radius 3 is 2.56 bits per heavy atom. The van der Waals surface area contributed by atoms with Gasteiger partial charge in [-0.2, -0.15) is 5.26 Å². The summed E-state index contributed by atoms with van der Waals surface area (Å²) in [5.41, 5.74) is 2.92. The molecular weight excluding hydrogens is 330 g/mol. The van der Waals surface area contributed by atoms with Crippen LogP contribution in [0.2, 0.25) is 0 Å². The summed E-state index contributed by atoms with van der Waals surface area (Å²) in [5, 5.41) is 12.5. The molecule has 1 heterocycles. The molecule has 124 valence electrons. The van der Waals surface area contributed by atoms with Crippen molar-refractivity contribution >= 4 is 38.7 Å². The molecule has 0 radical (unpaired) electrons. The van der Waals surface area contributed by atoms with E-state index >= 15 is 0 Å². The number of hydrogen-bond donors (Lipinski definition) is 1. The van der Waals surface area contributed by atoms with Crippen LogP contribution in [-0.2, 0) is 4.79 Å². The van der Waals surface area contributed by atoms with Gasteiger partial charge in [0.05, 0.1) is 10.2 Å². The average molecular weight is 347 g/mol. The molecule has 1 N–H and O–H groups in total. The number of hydrogen-bond acceptors (Lipinski definition) is 4. The SMILES string of the molecule is CC(C)c1ccc(/C=C(\C#N)C(=O)Nc2nc3ccccc3s2)cc1. The molecule has 0 bridgehead atoms. The van der Waals surface area contributed by atoms with Crippen molar-refractivity contribution in [3.8, 4) is 6.07 Å². The van der Waals surface area contributed by atoms with Gasteiger partial charge >= 0.3 is 0 Å². The van der Waals surface area contributed by atoms with E-state index in [1.807, 2.05) is 54.6 Å². The molecule has 2 aromatic carbocycles. The van der Waals surface area contributed by atoms with Gasteiger partial charge in [0.2, 0.25) is 0 Å². The Morgan fingerprint density at radius 2 is 1.92 bits per heavy atom. The van der Waals surface area contributed by atoms with Crippen LogP contribution in [0.5, 0.6) is 0 Å². The fourth-order valence-electron chi connectivity index (χ4n) is 2.38. The van der Waals surface area contributed by atoms with Gasteiger partial charge in [0, 0.05) is 0 Å². The van der Waals surface area contributed by atoms with Crippen LogP contribution in [0.4, 0.5) is 5.13 Å². The second-order valence-electron chi connectivity index (χ2n) is 5.93. The highest BCUT2D eigenvalue weighted by atomic mass is 32.1. The maximum absolute atomic E-state index is 12.4. The van der Waals surface area contributed by atoms with Crippen molar-refractivity contribution in [3.05, 3.63) is 65.2 Å². The first kappa shape index (κ1) is 16.9. The molecule has 0 aliphatic rings. The molecule has 3 rings (SSSR count). The minimum atomic E-state index is -0.450. The van der Waals surface area contributed by atoms with Crippen molar-refractivity contribution in [2.24, 2.45) is 0 Å². The molecule has 0 fully saturated rings. The molecule has 0 atom stereocenters. The summed E-state index contributed by atoms with van der Waals surface area (Å²) in [6.45, 7) is 4.24. The molecule has 0 aliphatic heterocycles. The lowest BCUT2D eigenvalue weighted by atomic mass is 10.0. The standard InChI is InChI=1S/C20H17N3OS/c1-13(2)15-9-7-14(8-10-15)11-16(12-21)19(24)23-20-22-17-5-3-4-6-18(17)25-20/h3-11,13H,1-2H3,(H,22,23,24)/b16-11+. The quantitative estimate of drug-likeness (QED) is 0.535. The predicted octanol–water partition coefficient (Wildman–Crippen LogP) is 4.97. The molecule has 5 heteroatoms. The summed E-state index contributed by atoms with van der Waals surface area (Å²) in [6.07, 6.45) is 1.59. The minimum absolute atomic E-state index is 0.0524. The number of amides is 1. The number of para-hydroxylation sites is 1. The Balaban J connectivity index is 1.79. The summed E-state index contributed by atoms with van der Waals surface area (Å²) >= 11 is 1.39. The first-order valence-electron chi connectivity index (χ1n) is 7.95. The first-order valence-corrected chi connectivity index (χ1v) is 8.77. The number of nitriles is 1. The van der Waals surface area contributed by atoms with Crippen molar-refractivity contribution in [1.82, 2.24) is 4.98 Å². The van der Waals surface area contributed by atoms with Gasteiger partial charge in [0.15, 0.2) is 5.13 Å². The normalized spacial score (nSPS) is 11.5. The maximum atomic E-state index is 12.4. The highest BCUT2D eigenvalue weighted by molar-refractivity contribution is 7.22. The fraction of sp³-hybridized carbons (Fsp3) is 0.150. The number of benzene rings is 2. The van der Waals surface area contributed by atoms with Gasteiger partial charge in [-0.1, -0.05) is 61.6 Å². The van der Waals surface area contributed by atoms with E-state index in [0.717, 1.165) is 15.8 Å². The highest BCUT2D eigenvalue weighted by Gasteiger charge is 2.12. The van der Waals surface area contributed by atoms with E-state index in [4.69, 9.17) is 0 Å². The zero-order chi connectivity index (χ0) is 17.8. The summed E-state index contributed by atoms with van der Waals surface area (Å²) in [5.74, 6) is -0.00899. The number of thiazole rings is 1. The van der Waals surface area contributed by atoms with E-state index in [0.29, 0.717) is 11.0 Å². The Kier molecular flexibility index (Phi) is 4.92. The van der Waals surface area contributed by atoms with Crippen molar-refractivity contribution in [2.45, 2.75) is 19.8 Å². The molecule has 4 nitrogen and oxygen atoms in total. The van der Waals surface area contributed by atoms with Gasteiger partial charge in [-0.15, -0.1) is 0 Å². The number of rotatable bonds is 4. The molecular formula is C20H17N3OS. The molecule has 1 amide bonds. The van der Waals surface area contributed by atoms with Crippen molar-refractivity contribution in [2.75, 3.05) is 5.32 Å². The molecule has 0 aliphatic carbocycles. The Labute approximate surface area is 150 Å². The number of carbonyl (C=O) groups excluding carboxylic acids is 1. The largest absolute Gasteiger partial charge is 0.297 e. The topological polar surface area (TPSA) is 65.8 Å². The van der Waals surface area contributed by atoms with Gasteiger partial charge < -0.3 is 0 Å². The van der Waals surface area contributed by atoms with Gasteiger partial charge in [-0.05, 0) is 35.3 Å². The molecule has 0 saturated heterocycles.